The molecule has 0 bridgehead atoms. The molecule has 0 unspecified atom stereocenters. The number of esters is 1. The van der Waals surface area contributed by atoms with Crippen LogP contribution in [0, 0.1) is 0 Å². The summed E-state index contributed by atoms with van der Waals surface area (Å²) in [6.07, 6.45) is 7.24. The number of amides is 2. The molecular weight excluding hydrogens is 524 g/mol. The minimum atomic E-state index is -0.573. The molecule has 1 fully saturated rings. The van der Waals surface area contributed by atoms with Gasteiger partial charge in [0.1, 0.15) is 5.75 Å². The lowest BCUT2D eigenvalue weighted by molar-refractivity contribution is -0.136. The first-order valence-electron chi connectivity index (χ1n) is 12.0. The average Bonchev–Trinajstić information content (AvgIpc) is 3.13. The lowest BCUT2D eigenvalue weighted by atomic mass is 9.95. The summed E-state index contributed by atoms with van der Waals surface area (Å²) in [5.74, 6) is -0.461. The average molecular weight is 553 g/mol. The number of ether oxygens (including phenoxy) is 2. The first-order chi connectivity index (χ1) is 17.4. The summed E-state index contributed by atoms with van der Waals surface area (Å²) in [7, 11) is 1.30. The predicted molar refractivity (Wildman–Crippen MR) is 141 cm³/mol. The second-order valence-electron chi connectivity index (χ2n) is 8.89. The highest BCUT2D eigenvalue weighted by molar-refractivity contribution is 9.10. The first kappa shape index (κ1) is 25.7. The van der Waals surface area contributed by atoms with E-state index in [9.17, 15) is 14.4 Å². The molecule has 2 amide bonds. The summed E-state index contributed by atoms with van der Waals surface area (Å²) in [5, 5.41) is 3.03. The van der Waals surface area contributed by atoms with Crippen LogP contribution in [0.2, 0.25) is 0 Å². The van der Waals surface area contributed by atoms with Gasteiger partial charge in [0.05, 0.1) is 18.3 Å². The summed E-state index contributed by atoms with van der Waals surface area (Å²) < 4.78 is 11.5. The van der Waals surface area contributed by atoms with Gasteiger partial charge >= 0.3 is 5.97 Å². The molecule has 0 radical (unpaired) electrons. The normalized spacial score (nSPS) is 17.5. The molecule has 36 heavy (non-hydrogen) atoms. The van der Waals surface area contributed by atoms with Crippen LogP contribution in [0.3, 0.4) is 0 Å². The molecule has 1 aliphatic heterocycles. The number of hydrogen-bond acceptors (Lipinski definition) is 5. The molecule has 2 aliphatic rings. The van der Waals surface area contributed by atoms with E-state index in [2.05, 4.69) is 21.2 Å². The largest absolute Gasteiger partial charge is 0.484 e. The van der Waals surface area contributed by atoms with Gasteiger partial charge in [-0.3, -0.25) is 14.5 Å². The Hall–Kier alpha value is -3.39. The third kappa shape index (κ3) is 5.87. The maximum atomic E-state index is 13.4. The highest BCUT2D eigenvalue weighted by Crippen LogP contribution is 2.36. The maximum Gasteiger partial charge on any atom is 0.340 e. The Balaban J connectivity index is 1.48. The van der Waals surface area contributed by atoms with E-state index in [1.807, 2.05) is 12.1 Å². The Morgan fingerprint density at radius 1 is 1.06 bits per heavy atom. The van der Waals surface area contributed by atoms with E-state index in [4.69, 9.17) is 9.47 Å². The Morgan fingerprint density at radius 3 is 2.36 bits per heavy atom. The van der Waals surface area contributed by atoms with Crippen molar-refractivity contribution in [1.29, 1.82) is 0 Å². The van der Waals surface area contributed by atoms with Crippen LogP contribution in [0.25, 0.3) is 6.08 Å². The molecule has 2 aromatic carbocycles. The molecule has 2 aromatic rings. The topological polar surface area (TPSA) is 84.9 Å². The fourth-order valence-corrected chi connectivity index (χ4v) is 4.84. The van der Waals surface area contributed by atoms with Crippen molar-refractivity contribution < 1.29 is 23.9 Å². The van der Waals surface area contributed by atoms with E-state index >= 15 is 0 Å². The first-order valence-corrected chi connectivity index (χ1v) is 12.8. The van der Waals surface area contributed by atoms with Crippen molar-refractivity contribution in [3.63, 3.8) is 0 Å². The molecule has 7 nitrogen and oxygen atoms in total. The monoisotopic (exact) mass is 552 g/mol. The van der Waals surface area contributed by atoms with Gasteiger partial charge in [0.25, 0.3) is 11.8 Å². The van der Waals surface area contributed by atoms with Gasteiger partial charge in [0.2, 0.25) is 0 Å². The zero-order chi connectivity index (χ0) is 25.7. The SMILES string of the molecule is COC(=O)C1=C(C)N(c2ccc(Br)cc2)C(=O)/C1=C\c1ccc(OCC(=O)NC2CCCCC2)cc1. The van der Waals surface area contributed by atoms with Gasteiger partial charge in [-0.25, -0.2) is 4.79 Å². The summed E-state index contributed by atoms with van der Waals surface area (Å²) in [6.45, 7) is 1.67. The highest BCUT2D eigenvalue weighted by atomic mass is 79.9. The number of halogens is 1. The standard InChI is InChI=1S/C28H29BrN2O5/c1-18-26(28(34)35-2)24(27(33)31(18)22-12-10-20(29)11-13-22)16-19-8-14-23(15-9-19)36-17-25(32)30-21-6-4-3-5-7-21/h8-16,21H,3-7,17H2,1-2H3,(H,30,32)/b24-16-. The third-order valence-electron chi connectivity index (χ3n) is 6.41. The van der Waals surface area contributed by atoms with Gasteiger partial charge in [-0.1, -0.05) is 47.3 Å². The van der Waals surface area contributed by atoms with Crippen molar-refractivity contribution in [3.8, 4) is 5.75 Å². The molecule has 1 aliphatic carbocycles. The van der Waals surface area contributed by atoms with E-state index < -0.39 is 5.97 Å². The number of rotatable bonds is 7. The second kappa shape index (κ2) is 11.6. The number of hydrogen-bond donors (Lipinski definition) is 1. The van der Waals surface area contributed by atoms with Crippen LogP contribution in [-0.4, -0.2) is 37.5 Å². The molecule has 0 saturated heterocycles. The van der Waals surface area contributed by atoms with Crippen molar-refractivity contribution in [3.05, 3.63) is 75.4 Å². The second-order valence-corrected chi connectivity index (χ2v) is 9.80. The van der Waals surface area contributed by atoms with Crippen LogP contribution in [-0.2, 0) is 19.1 Å². The van der Waals surface area contributed by atoms with Crippen LogP contribution in [0.4, 0.5) is 5.69 Å². The zero-order valence-corrected chi connectivity index (χ0v) is 22.0. The van der Waals surface area contributed by atoms with Crippen molar-refractivity contribution in [1.82, 2.24) is 5.32 Å². The maximum absolute atomic E-state index is 13.4. The van der Waals surface area contributed by atoms with Crippen LogP contribution in [0.15, 0.2) is 69.8 Å². The number of nitrogens with zero attached hydrogens (tertiary/aromatic N) is 1. The summed E-state index contributed by atoms with van der Waals surface area (Å²) in [5.41, 5.74) is 2.35. The molecule has 4 rings (SSSR count). The predicted octanol–water partition coefficient (Wildman–Crippen LogP) is 5.15. The van der Waals surface area contributed by atoms with Crippen LogP contribution < -0.4 is 15.0 Å². The van der Waals surface area contributed by atoms with E-state index in [0.29, 0.717) is 22.7 Å². The van der Waals surface area contributed by atoms with Gasteiger partial charge in [-0.2, -0.15) is 0 Å². The molecule has 0 atom stereocenters. The Kier molecular flexibility index (Phi) is 8.25. The molecule has 0 aromatic heterocycles. The van der Waals surface area contributed by atoms with Crippen LogP contribution in [0.5, 0.6) is 5.75 Å². The minimum Gasteiger partial charge on any atom is -0.484 e. The van der Waals surface area contributed by atoms with Gasteiger partial charge in [0, 0.05) is 21.9 Å². The molecule has 188 valence electrons. The zero-order valence-electron chi connectivity index (χ0n) is 20.4. The number of benzene rings is 2. The van der Waals surface area contributed by atoms with Gasteiger partial charge in [0.15, 0.2) is 6.61 Å². The third-order valence-corrected chi connectivity index (χ3v) is 6.93. The molecule has 8 heteroatoms. The lowest BCUT2D eigenvalue weighted by Crippen LogP contribution is -2.38. The number of carbonyl (C=O) groups is 3. The minimum absolute atomic E-state index is 0.0496. The van der Waals surface area contributed by atoms with E-state index in [1.54, 1.807) is 49.4 Å². The molecule has 1 saturated carbocycles. The van der Waals surface area contributed by atoms with E-state index in [1.165, 1.54) is 18.4 Å². The van der Waals surface area contributed by atoms with Crippen molar-refractivity contribution in [2.45, 2.75) is 45.1 Å². The number of carbonyl (C=O) groups excluding carboxylic acids is 3. The van der Waals surface area contributed by atoms with Crippen molar-refractivity contribution >= 4 is 45.5 Å². The molecule has 0 spiro atoms. The lowest BCUT2D eigenvalue weighted by Gasteiger charge is -2.22. The van der Waals surface area contributed by atoms with Crippen molar-refractivity contribution in [2.75, 3.05) is 18.6 Å². The molecule has 1 heterocycles. The fourth-order valence-electron chi connectivity index (χ4n) is 4.57. The van der Waals surface area contributed by atoms with Gasteiger partial charge in [-0.15, -0.1) is 0 Å². The Bertz CT molecular complexity index is 1200. The van der Waals surface area contributed by atoms with Gasteiger partial charge in [-0.05, 0) is 67.8 Å². The quantitative estimate of drug-likeness (QED) is 0.379. The number of nitrogens with one attached hydrogen (secondary N) is 1. The number of allylic oxidation sites excluding steroid dienone is 1. The van der Waals surface area contributed by atoms with E-state index in [0.717, 1.165) is 30.2 Å². The summed E-state index contributed by atoms with van der Waals surface area (Å²) in [6, 6.07) is 14.6. The van der Waals surface area contributed by atoms with Gasteiger partial charge < -0.3 is 14.8 Å². The van der Waals surface area contributed by atoms with Crippen LogP contribution >= 0.6 is 15.9 Å². The Labute approximate surface area is 219 Å². The fraction of sp³-hybridized carbons (Fsp3) is 0.321. The van der Waals surface area contributed by atoms with Crippen molar-refractivity contribution in [2.24, 2.45) is 0 Å². The van der Waals surface area contributed by atoms with Crippen LogP contribution in [0.1, 0.15) is 44.6 Å². The number of methoxy groups -OCH3 is 1. The smallest absolute Gasteiger partial charge is 0.340 e. The Morgan fingerprint density at radius 2 is 1.72 bits per heavy atom. The molecular formula is C28H29BrN2O5. The summed E-state index contributed by atoms with van der Waals surface area (Å²) >= 11 is 3.40. The summed E-state index contributed by atoms with van der Waals surface area (Å²) in [4.78, 5) is 39.7. The molecule has 1 N–H and O–H groups in total. The number of anilines is 1. The highest BCUT2D eigenvalue weighted by Gasteiger charge is 2.37. The van der Waals surface area contributed by atoms with E-state index in [-0.39, 0.29) is 35.6 Å².